The van der Waals surface area contributed by atoms with E-state index in [9.17, 15) is 0 Å². The predicted octanol–water partition coefficient (Wildman–Crippen LogP) is 3.60. The highest BCUT2D eigenvalue weighted by Gasteiger charge is 2.41. The molecule has 1 aliphatic carbocycles. The van der Waals surface area contributed by atoms with Gasteiger partial charge in [-0.3, -0.25) is 0 Å². The highest BCUT2D eigenvalue weighted by Crippen LogP contribution is 2.41. The molecule has 1 aliphatic heterocycles. The summed E-state index contributed by atoms with van der Waals surface area (Å²) in [6.45, 7) is 11.9. The van der Waals surface area contributed by atoms with Gasteiger partial charge in [0.2, 0.25) is 8.32 Å². The number of rotatable bonds is 4. The molecule has 0 N–H and O–H groups in total. The van der Waals surface area contributed by atoms with Crippen LogP contribution in [0.25, 0.3) is 0 Å². The second-order valence-corrected chi connectivity index (χ2v) is 10.4. The molecular weight excluding hydrogens is 244 g/mol. The van der Waals surface area contributed by atoms with E-state index in [0.29, 0.717) is 13.2 Å². The first kappa shape index (κ1) is 13.8. The highest BCUT2D eigenvalue weighted by molar-refractivity contribution is 6.70. The van der Waals surface area contributed by atoms with E-state index in [2.05, 4.69) is 26.2 Å². The number of hydrogen-bond donors (Lipinski definition) is 0. The first-order chi connectivity index (χ1) is 8.44. The zero-order chi connectivity index (χ0) is 13.2. The lowest BCUT2D eigenvalue weighted by atomic mass is 9.90. The Morgan fingerprint density at radius 3 is 2.56 bits per heavy atom. The molecule has 0 aromatic heterocycles. The lowest BCUT2D eigenvalue weighted by Gasteiger charge is -2.36. The van der Waals surface area contributed by atoms with Crippen LogP contribution in [0.2, 0.25) is 19.6 Å². The van der Waals surface area contributed by atoms with Gasteiger partial charge in [-0.25, -0.2) is 0 Å². The van der Waals surface area contributed by atoms with Gasteiger partial charge in [-0.2, -0.15) is 0 Å². The molecule has 0 saturated carbocycles. The lowest BCUT2D eigenvalue weighted by molar-refractivity contribution is -0.165. The molecule has 3 nitrogen and oxygen atoms in total. The summed E-state index contributed by atoms with van der Waals surface area (Å²) in [5.41, 5.74) is 1.31. The van der Waals surface area contributed by atoms with Gasteiger partial charge in [0.05, 0.1) is 19.0 Å². The van der Waals surface area contributed by atoms with E-state index in [-0.39, 0.29) is 5.79 Å². The van der Waals surface area contributed by atoms with Gasteiger partial charge < -0.3 is 13.9 Å². The van der Waals surface area contributed by atoms with Gasteiger partial charge in [-0.1, -0.05) is 6.08 Å². The summed E-state index contributed by atoms with van der Waals surface area (Å²) >= 11 is 0. The van der Waals surface area contributed by atoms with Gasteiger partial charge in [0.1, 0.15) is 0 Å². The van der Waals surface area contributed by atoms with Crippen LogP contribution in [0.3, 0.4) is 0 Å². The molecule has 18 heavy (non-hydrogen) atoms. The van der Waals surface area contributed by atoms with E-state index in [4.69, 9.17) is 13.9 Å². The van der Waals surface area contributed by atoms with Crippen LogP contribution in [0, 0.1) is 0 Å². The summed E-state index contributed by atoms with van der Waals surface area (Å²) in [6, 6.07) is 0. The molecule has 0 atom stereocenters. The van der Waals surface area contributed by atoms with Crippen molar-refractivity contribution in [2.75, 3.05) is 13.2 Å². The Morgan fingerprint density at radius 2 is 2.00 bits per heavy atom. The van der Waals surface area contributed by atoms with E-state index in [0.717, 1.165) is 25.7 Å². The van der Waals surface area contributed by atoms with Gasteiger partial charge in [0.25, 0.3) is 0 Å². The van der Waals surface area contributed by atoms with E-state index >= 15 is 0 Å². The van der Waals surface area contributed by atoms with Crippen molar-refractivity contribution in [3.63, 3.8) is 0 Å². The van der Waals surface area contributed by atoms with E-state index < -0.39 is 8.32 Å². The fourth-order valence-corrected chi connectivity index (χ4v) is 3.57. The third-order valence-corrected chi connectivity index (χ3v) is 4.10. The molecule has 0 aromatic carbocycles. The predicted molar refractivity (Wildman–Crippen MR) is 74.8 cm³/mol. The molecule has 0 aromatic rings. The quantitative estimate of drug-likeness (QED) is 0.576. The molecule has 2 rings (SSSR count). The average molecular weight is 268 g/mol. The van der Waals surface area contributed by atoms with Gasteiger partial charge in [-0.05, 0) is 31.6 Å². The summed E-state index contributed by atoms with van der Waals surface area (Å²) in [5.74, 6) is 0.795. The summed E-state index contributed by atoms with van der Waals surface area (Å²) < 4.78 is 17.8. The Balaban J connectivity index is 2.16. The van der Waals surface area contributed by atoms with E-state index in [1.807, 2.05) is 6.08 Å². The minimum atomic E-state index is -1.54. The number of ether oxygens (including phenoxy) is 2. The molecule has 1 spiro atoms. The Hall–Kier alpha value is -0.583. The Morgan fingerprint density at radius 1 is 1.33 bits per heavy atom. The molecule has 0 unspecified atom stereocenters. The third kappa shape index (κ3) is 3.25. The summed E-state index contributed by atoms with van der Waals surface area (Å²) in [4.78, 5) is 0. The van der Waals surface area contributed by atoms with Gasteiger partial charge >= 0.3 is 0 Å². The Kier molecular flexibility index (Phi) is 3.99. The summed E-state index contributed by atoms with van der Waals surface area (Å²) in [7, 11) is -1.54. The van der Waals surface area contributed by atoms with Crippen LogP contribution < -0.4 is 0 Å². The zero-order valence-electron chi connectivity index (χ0n) is 11.8. The van der Waals surface area contributed by atoms with Crippen molar-refractivity contribution in [1.29, 1.82) is 0 Å². The molecule has 2 aliphatic rings. The lowest BCUT2D eigenvalue weighted by Crippen LogP contribution is -2.36. The third-order valence-electron chi connectivity index (χ3n) is 3.24. The molecule has 0 amide bonds. The summed E-state index contributed by atoms with van der Waals surface area (Å²) in [6.07, 6.45) is 5.48. The van der Waals surface area contributed by atoms with Crippen molar-refractivity contribution in [2.45, 2.75) is 51.1 Å². The van der Waals surface area contributed by atoms with Gasteiger partial charge in [0, 0.05) is 19.3 Å². The maximum Gasteiger partial charge on any atom is 0.241 e. The van der Waals surface area contributed by atoms with Crippen molar-refractivity contribution in [2.24, 2.45) is 0 Å². The largest absolute Gasteiger partial charge is 0.547 e. The van der Waals surface area contributed by atoms with Crippen molar-refractivity contribution in [1.82, 2.24) is 0 Å². The number of hydrogen-bond acceptors (Lipinski definition) is 3. The van der Waals surface area contributed by atoms with E-state index in [1.54, 1.807) is 0 Å². The van der Waals surface area contributed by atoms with Crippen LogP contribution in [0.4, 0.5) is 0 Å². The first-order valence-corrected chi connectivity index (χ1v) is 10.1. The number of allylic oxidation sites excluding steroid dienone is 2. The van der Waals surface area contributed by atoms with Crippen LogP contribution in [-0.2, 0) is 13.9 Å². The van der Waals surface area contributed by atoms with Gasteiger partial charge in [-0.15, -0.1) is 6.58 Å². The fraction of sp³-hybridized carbons (Fsp3) is 0.714. The molecule has 1 heterocycles. The molecule has 1 fully saturated rings. The van der Waals surface area contributed by atoms with Crippen molar-refractivity contribution < 1.29 is 13.9 Å². The minimum absolute atomic E-state index is 0.370. The maximum atomic E-state index is 6.21. The SMILES string of the molecule is C=CCC1=C(O[Si](C)(C)C)CCC2(C1)OCCO2. The molecule has 1 saturated heterocycles. The summed E-state index contributed by atoms with van der Waals surface area (Å²) in [5, 5.41) is 0. The Bertz CT molecular complexity index is 349. The molecule has 102 valence electrons. The monoisotopic (exact) mass is 268 g/mol. The van der Waals surface area contributed by atoms with Crippen LogP contribution in [-0.4, -0.2) is 27.3 Å². The molecule has 0 radical (unpaired) electrons. The van der Waals surface area contributed by atoms with Crippen molar-refractivity contribution in [3.8, 4) is 0 Å². The molecular formula is C14H24O3Si. The Labute approximate surface area is 111 Å². The van der Waals surface area contributed by atoms with Crippen LogP contribution >= 0.6 is 0 Å². The second-order valence-electron chi connectivity index (χ2n) is 6.02. The highest BCUT2D eigenvalue weighted by atomic mass is 28.4. The second kappa shape index (κ2) is 5.19. The maximum absolute atomic E-state index is 6.21. The standard InChI is InChI=1S/C14H24O3Si/c1-5-6-12-11-14(15-9-10-16-14)8-7-13(12)17-18(2,3)4/h5H,1,6-11H2,2-4H3. The van der Waals surface area contributed by atoms with Gasteiger partial charge in [0.15, 0.2) is 5.79 Å². The molecule has 0 bridgehead atoms. The minimum Gasteiger partial charge on any atom is -0.547 e. The first-order valence-electron chi connectivity index (χ1n) is 6.73. The van der Waals surface area contributed by atoms with Crippen LogP contribution in [0.15, 0.2) is 24.0 Å². The van der Waals surface area contributed by atoms with Crippen molar-refractivity contribution in [3.05, 3.63) is 24.0 Å². The zero-order valence-corrected chi connectivity index (χ0v) is 12.8. The normalized spacial score (nSPS) is 23.5. The van der Waals surface area contributed by atoms with E-state index in [1.165, 1.54) is 11.3 Å². The van der Waals surface area contributed by atoms with Crippen LogP contribution in [0.5, 0.6) is 0 Å². The van der Waals surface area contributed by atoms with Crippen molar-refractivity contribution >= 4 is 8.32 Å². The smallest absolute Gasteiger partial charge is 0.241 e. The average Bonchev–Trinajstić information content (AvgIpc) is 2.70. The fourth-order valence-electron chi connectivity index (χ4n) is 2.59. The topological polar surface area (TPSA) is 27.7 Å². The molecule has 4 heteroatoms. The van der Waals surface area contributed by atoms with Crippen LogP contribution in [0.1, 0.15) is 25.7 Å².